The molecular formula is C6H8BNO3. The monoisotopic (exact) mass is 153 g/mol. The minimum absolute atomic E-state index is 0.131. The molecule has 0 saturated heterocycles. The highest BCUT2D eigenvalue weighted by Crippen LogP contribution is 2.38. The van der Waals surface area contributed by atoms with Gasteiger partial charge in [-0.05, 0) is 12.8 Å². The van der Waals surface area contributed by atoms with Crippen LogP contribution in [0.4, 0.5) is 0 Å². The molecule has 1 fully saturated rings. The van der Waals surface area contributed by atoms with E-state index in [0.29, 0.717) is 11.8 Å². The van der Waals surface area contributed by atoms with Gasteiger partial charge in [0.1, 0.15) is 0 Å². The first-order chi connectivity index (χ1) is 5.27. The molecule has 0 bridgehead atoms. The standard InChI is InChI=1S/C6H8BNO3/c9-7(10)5-3-8-6(11-5)4-1-2-4/h3-4,9-10H,1-2H2. The van der Waals surface area contributed by atoms with E-state index in [2.05, 4.69) is 4.98 Å². The SMILES string of the molecule is OB(O)c1cnc(C2CC2)o1. The highest BCUT2D eigenvalue weighted by Gasteiger charge is 2.30. The smallest absolute Gasteiger partial charge is 0.449 e. The van der Waals surface area contributed by atoms with Crippen molar-refractivity contribution in [2.75, 3.05) is 0 Å². The average Bonchev–Trinajstić information content (AvgIpc) is 2.68. The normalized spacial score (nSPS) is 16.9. The zero-order chi connectivity index (χ0) is 7.84. The number of aromatic nitrogens is 1. The van der Waals surface area contributed by atoms with E-state index in [0.717, 1.165) is 12.8 Å². The molecule has 5 heteroatoms. The summed E-state index contributed by atoms with van der Waals surface area (Å²) in [4.78, 5) is 3.91. The first kappa shape index (κ1) is 6.88. The molecule has 0 amide bonds. The summed E-state index contributed by atoms with van der Waals surface area (Å²) >= 11 is 0. The molecule has 11 heavy (non-hydrogen) atoms. The summed E-state index contributed by atoms with van der Waals surface area (Å²) in [6.07, 6.45) is 3.56. The van der Waals surface area contributed by atoms with E-state index in [-0.39, 0.29) is 5.66 Å². The number of nitrogens with zero attached hydrogens (tertiary/aromatic N) is 1. The predicted molar refractivity (Wildman–Crippen MR) is 38.3 cm³/mol. The van der Waals surface area contributed by atoms with Gasteiger partial charge in [0, 0.05) is 5.92 Å². The molecule has 1 aliphatic carbocycles. The lowest BCUT2D eigenvalue weighted by Gasteiger charge is -1.89. The topological polar surface area (TPSA) is 66.5 Å². The second kappa shape index (κ2) is 2.35. The molecular weight excluding hydrogens is 145 g/mol. The summed E-state index contributed by atoms with van der Waals surface area (Å²) < 4.78 is 5.06. The lowest BCUT2D eigenvalue weighted by atomic mass is 9.89. The van der Waals surface area contributed by atoms with Gasteiger partial charge in [0.25, 0.3) is 0 Å². The summed E-state index contributed by atoms with van der Waals surface area (Å²) in [5, 5.41) is 17.3. The van der Waals surface area contributed by atoms with Gasteiger partial charge in [-0.1, -0.05) is 0 Å². The Morgan fingerprint density at radius 1 is 1.55 bits per heavy atom. The Balaban J connectivity index is 2.18. The summed E-state index contributed by atoms with van der Waals surface area (Å²) in [6, 6.07) is 0. The van der Waals surface area contributed by atoms with Gasteiger partial charge >= 0.3 is 7.12 Å². The highest BCUT2D eigenvalue weighted by molar-refractivity contribution is 6.56. The summed E-state index contributed by atoms with van der Waals surface area (Å²) in [5.41, 5.74) is 0.131. The summed E-state index contributed by atoms with van der Waals surface area (Å²) in [5.74, 6) is 1.05. The van der Waals surface area contributed by atoms with E-state index in [1.54, 1.807) is 0 Å². The van der Waals surface area contributed by atoms with Crippen molar-refractivity contribution in [1.82, 2.24) is 4.98 Å². The average molecular weight is 153 g/mol. The van der Waals surface area contributed by atoms with Gasteiger partial charge in [0.05, 0.1) is 6.20 Å². The van der Waals surface area contributed by atoms with E-state index in [1.807, 2.05) is 0 Å². The molecule has 0 aliphatic heterocycles. The van der Waals surface area contributed by atoms with E-state index in [1.165, 1.54) is 6.20 Å². The molecule has 2 N–H and O–H groups in total. The van der Waals surface area contributed by atoms with Crippen LogP contribution in [0.3, 0.4) is 0 Å². The summed E-state index contributed by atoms with van der Waals surface area (Å²) in [7, 11) is -1.53. The molecule has 0 radical (unpaired) electrons. The molecule has 1 heterocycles. The molecule has 0 spiro atoms. The predicted octanol–water partition coefficient (Wildman–Crippen LogP) is -0.768. The van der Waals surface area contributed by atoms with E-state index in [9.17, 15) is 0 Å². The fraction of sp³-hybridized carbons (Fsp3) is 0.500. The largest absolute Gasteiger partial charge is 0.528 e. The molecule has 1 aromatic heterocycles. The molecule has 2 rings (SSSR count). The number of oxazole rings is 1. The van der Waals surface area contributed by atoms with Crippen LogP contribution in [0.15, 0.2) is 10.6 Å². The molecule has 0 aromatic carbocycles. The Hall–Kier alpha value is -0.805. The Kier molecular flexibility index (Phi) is 1.47. The maximum absolute atomic E-state index is 8.66. The van der Waals surface area contributed by atoms with Crippen LogP contribution in [-0.2, 0) is 0 Å². The second-order valence-electron chi connectivity index (χ2n) is 2.75. The molecule has 1 aliphatic rings. The number of hydrogen-bond acceptors (Lipinski definition) is 4. The first-order valence-corrected chi connectivity index (χ1v) is 3.59. The van der Waals surface area contributed by atoms with E-state index < -0.39 is 7.12 Å². The molecule has 0 unspecified atom stereocenters. The van der Waals surface area contributed by atoms with Gasteiger partial charge in [-0.15, -0.1) is 0 Å². The van der Waals surface area contributed by atoms with Gasteiger partial charge in [-0.25, -0.2) is 4.98 Å². The first-order valence-electron chi connectivity index (χ1n) is 3.59. The third kappa shape index (κ3) is 1.29. The minimum atomic E-state index is -1.53. The van der Waals surface area contributed by atoms with Gasteiger partial charge in [0.15, 0.2) is 11.6 Å². The lowest BCUT2D eigenvalue weighted by Crippen LogP contribution is -2.28. The zero-order valence-electron chi connectivity index (χ0n) is 5.90. The Morgan fingerprint density at radius 2 is 2.27 bits per heavy atom. The van der Waals surface area contributed by atoms with Crippen molar-refractivity contribution in [2.24, 2.45) is 0 Å². The van der Waals surface area contributed by atoms with Crippen molar-refractivity contribution in [3.05, 3.63) is 12.1 Å². The fourth-order valence-corrected chi connectivity index (χ4v) is 0.939. The third-order valence-electron chi connectivity index (χ3n) is 1.72. The molecule has 4 nitrogen and oxygen atoms in total. The van der Waals surface area contributed by atoms with Gasteiger partial charge in [0.2, 0.25) is 0 Å². The molecule has 58 valence electrons. The van der Waals surface area contributed by atoms with Crippen LogP contribution < -0.4 is 5.66 Å². The van der Waals surface area contributed by atoms with Crippen LogP contribution in [0.5, 0.6) is 0 Å². The van der Waals surface area contributed by atoms with Crippen molar-refractivity contribution in [3.8, 4) is 0 Å². The van der Waals surface area contributed by atoms with Crippen molar-refractivity contribution in [1.29, 1.82) is 0 Å². The van der Waals surface area contributed by atoms with Crippen LogP contribution in [0.25, 0.3) is 0 Å². The van der Waals surface area contributed by atoms with Crippen LogP contribution in [0, 0.1) is 0 Å². The van der Waals surface area contributed by atoms with Crippen molar-refractivity contribution in [2.45, 2.75) is 18.8 Å². The van der Waals surface area contributed by atoms with Crippen LogP contribution in [-0.4, -0.2) is 22.2 Å². The van der Waals surface area contributed by atoms with E-state index in [4.69, 9.17) is 14.5 Å². The number of rotatable bonds is 2. The van der Waals surface area contributed by atoms with Gasteiger partial charge in [-0.3, -0.25) is 0 Å². The quantitative estimate of drug-likeness (QED) is 0.547. The molecule has 0 atom stereocenters. The fourth-order valence-electron chi connectivity index (χ4n) is 0.939. The lowest BCUT2D eigenvalue weighted by molar-refractivity contribution is 0.404. The molecule has 1 saturated carbocycles. The van der Waals surface area contributed by atoms with Crippen molar-refractivity contribution < 1.29 is 14.5 Å². The Morgan fingerprint density at radius 3 is 2.73 bits per heavy atom. The van der Waals surface area contributed by atoms with Crippen LogP contribution >= 0.6 is 0 Å². The van der Waals surface area contributed by atoms with Crippen LogP contribution in [0.1, 0.15) is 24.7 Å². The van der Waals surface area contributed by atoms with Gasteiger partial charge in [-0.2, -0.15) is 0 Å². The maximum atomic E-state index is 8.66. The Bertz CT molecular complexity index is 240. The Labute approximate surface area is 64.0 Å². The summed E-state index contributed by atoms with van der Waals surface area (Å²) in [6.45, 7) is 0. The number of hydrogen-bond donors (Lipinski definition) is 2. The van der Waals surface area contributed by atoms with Gasteiger partial charge < -0.3 is 14.5 Å². The van der Waals surface area contributed by atoms with Crippen molar-refractivity contribution >= 4 is 12.8 Å². The third-order valence-corrected chi connectivity index (χ3v) is 1.72. The minimum Gasteiger partial charge on any atom is -0.449 e. The zero-order valence-corrected chi connectivity index (χ0v) is 5.90. The van der Waals surface area contributed by atoms with Crippen LogP contribution in [0.2, 0.25) is 0 Å². The molecule has 1 aromatic rings. The maximum Gasteiger partial charge on any atom is 0.528 e. The second-order valence-corrected chi connectivity index (χ2v) is 2.75. The van der Waals surface area contributed by atoms with Crippen molar-refractivity contribution in [3.63, 3.8) is 0 Å². The van der Waals surface area contributed by atoms with E-state index >= 15 is 0 Å². The highest BCUT2D eigenvalue weighted by atomic mass is 16.4.